The van der Waals surface area contributed by atoms with Crippen LogP contribution in [0.3, 0.4) is 0 Å². The summed E-state index contributed by atoms with van der Waals surface area (Å²) in [5, 5.41) is 0.514. The number of benzene rings is 1. The van der Waals surface area contributed by atoms with E-state index in [1.165, 1.54) is 10.9 Å². The first-order chi connectivity index (χ1) is 10.4. The molecule has 0 unspecified atom stereocenters. The van der Waals surface area contributed by atoms with Crippen molar-refractivity contribution in [2.75, 3.05) is 13.2 Å². The topological polar surface area (TPSA) is 68.2 Å². The molecule has 2 aromatic rings. The van der Waals surface area contributed by atoms with Crippen LogP contribution in [0.1, 0.15) is 5.56 Å². The fourth-order valence-electron chi connectivity index (χ4n) is 1.84. The molecule has 6 nitrogen and oxygen atoms in total. The minimum Gasteiger partial charge on any atom is -0.302 e. The number of rotatable bonds is 6. The van der Waals surface area contributed by atoms with Crippen molar-refractivity contribution in [3.05, 3.63) is 40.4 Å². The van der Waals surface area contributed by atoms with Crippen molar-refractivity contribution in [1.82, 2.24) is 20.4 Å². The van der Waals surface area contributed by atoms with Crippen molar-refractivity contribution in [2.24, 2.45) is 7.05 Å². The second-order valence-electron chi connectivity index (χ2n) is 4.59. The number of hydrogen-bond donors (Lipinski definition) is 2. The lowest BCUT2D eigenvalue weighted by molar-refractivity contribution is -0.323. The summed E-state index contributed by atoms with van der Waals surface area (Å²) in [7, 11) is 1.62. The van der Waals surface area contributed by atoms with E-state index >= 15 is 0 Å². The summed E-state index contributed by atoms with van der Waals surface area (Å²) in [4.78, 5) is 16.0. The average Bonchev–Trinajstić information content (AvgIpc) is 2.45. The van der Waals surface area contributed by atoms with Crippen LogP contribution < -0.4 is 16.4 Å². The molecule has 9 heteroatoms. The van der Waals surface area contributed by atoms with E-state index in [-0.39, 0.29) is 12.1 Å². The third-order valence-electron chi connectivity index (χ3n) is 2.89. The molecule has 1 heterocycles. The van der Waals surface area contributed by atoms with Gasteiger partial charge in [-0.05, 0) is 17.7 Å². The van der Waals surface area contributed by atoms with Crippen LogP contribution in [0.25, 0.3) is 10.9 Å². The molecule has 0 saturated heterocycles. The number of aryl methyl sites for hydroxylation is 1. The third kappa shape index (κ3) is 4.52. The predicted octanol–water partition coefficient (Wildman–Crippen LogP) is 1.06. The molecule has 1 aromatic carbocycles. The standard InChI is InChI=1S/C13H15F3N4O2/c1-20-8-17-11-6-9(2-3-10(11)12(20)21)7-19-18-4-5-22-13(14,15)16/h2-3,6,8,18-19H,4-5,7H2,1H3. The largest absolute Gasteiger partial charge is 0.522 e. The summed E-state index contributed by atoms with van der Waals surface area (Å²) in [6, 6.07) is 5.18. The van der Waals surface area contributed by atoms with E-state index in [1.807, 2.05) is 0 Å². The first-order valence-corrected chi connectivity index (χ1v) is 6.47. The SMILES string of the molecule is Cn1cnc2cc(CNNCCOC(F)(F)F)ccc2c1=O. The summed E-state index contributed by atoms with van der Waals surface area (Å²) < 4.78 is 40.2. The minimum atomic E-state index is -4.61. The van der Waals surface area contributed by atoms with E-state index in [9.17, 15) is 18.0 Å². The van der Waals surface area contributed by atoms with Crippen molar-refractivity contribution < 1.29 is 17.9 Å². The highest BCUT2D eigenvalue weighted by Crippen LogP contribution is 2.15. The van der Waals surface area contributed by atoms with Gasteiger partial charge in [0, 0.05) is 20.1 Å². The lowest BCUT2D eigenvalue weighted by atomic mass is 10.1. The first kappa shape index (κ1) is 16.4. The van der Waals surface area contributed by atoms with Crippen LogP contribution in [0.5, 0.6) is 0 Å². The number of hydrogen-bond acceptors (Lipinski definition) is 5. The van der Waals surface area contributed by atoms with Crippen molar-refractivity contribution in [2.45, 2.75) is 12.9 Å². The maximum atomic E-state index is 11.8. The highest BCUT2D eigenvalue weighted by molar-refractivity contribution is 5.77. The van der Waals surface area contributed by atoms with Gasteiger partial charge in [-0.3, -0.25) is 20.4 Å². The molecular formula is C13H15F3N4O2. The minimum absolute atomic E-state index is 0.00584. The van der Waals surface area contributed by atoms with Crippen molar-refractivity contribution in [1.29, 1.82) is 0 Å². The van der Waals surface area contributed by atoms with E-state index in [1.54, 1.807) is 25.2 Å². The Hall–Kier alpha value is -1.97. The Morgan fingerprint density at radius 1 is 1.32 bits per heavy atom. The Morgan fingerprint density at radius 3 is 2.82 bits per heavy atom. The van der Waals surface area contributed by atoms with Crippen LogP contribution in [0.2, 0.25) is 0 Å². The lowest BCUT2D eigenvalue weighted by Crippen LogP contribution is -2.35. The molecule has 22 heavy (non-hydrogen) atoms. The first-order valence-electron chi connectivity index (χ1n) is 6.47. The molecule has 0 radical (unpaired) electrons. The molecule has 0 fully saturated rings. The molecule has 120 valence electrons. The molecular weight excluding hydrogens is 301 g/mol. The summed E-state index contributed by atoms with van der Waals surface area (Å²) in [6.45, 7) is -0.101. The van der Waals surface area contributed by atoms with Gasteiger partial charge >= 0.3 is 6.36 Å². The van der Waals surface area contributed by atoms with Gasteiger partial charge in [-0.15, -0.1) is 13.2 Å². The zero-order valence-electron chi connectivity index (χ0n) is 11.8. The Bertz CT molecular complexity index is 700. The molecule has 2 N–H and O–H groups in total. The number of nitrogens with one attached hydrogen (secondary N) is 2. The van der Waals surface area contributed by atoms with Gasteiger partial charge in [-0.25, -0.2) is 4.98 Å². The van der Waals surface area contributed by atoms with Crippen LogP contribution in [0, 0.1) is 0 Å². The normalized spacial score (nSPS) is 12.0. The number of hydrazine groups is 1. The Labute approximate surface area is 123 Å². The van der Waals surface area contributed by atoms with Gasteiger partial charge in [-0.1, -0.05) is 6.07 Å². The Morgan fingerprint density at radius 2 is 2.09 bits per heavy atom. The molecule has 0 atom stereocenters. The molecule has 1 aromatic heterocycles. The van der Waals surface area contributed by atoms with Crippen LogP contribution in [-0.4, -0.2) is 29.1 Å². The molecule has 0 aliphatic heterocycles. The smallest absolute Gasteiger partial charge is 0.302 e. The fraction of sp³-hybridized carbons (Fsp3) is 0.385. The van der Waals surface area contributed by atoms with Gasteiger partial charge in [-0.2, -0.15) is 0 Å². The monoisotopic (exact) mass is 316 g/mol. The van der Waals surface area contributed by atoms with Gasteiger partial charge in [0.15, 0.2) is 0 Å². The van der Waals surface area contributed by atoms with Gasteiger partial charge < -0.3 is 4.57 Å². The number of aromatic nitrogens is 2. The summed E-state index contributed by atoms with van der Waals surface area (Å²) >= 11 is 0. The number of ether oxygens (including phenoxy) is 1. The zero-order chi connectivity index (χ0) is 16.2. The van der Waals surface area contributed by atoms with Crippen LogP contribution >= 0.6 is 0 Å². The maximum absolute atomic E-state index is 11.8. The molecule has 0 amide bonds. The van der Waals surface area contributed by atoms with Gasteiger partial charge in [0.2, 0.25) is 0 Å². The Kier molecular flexibility index (Phi) is 5.11. The molecule has 2 rings (SSSR count). The molecule has 0 saturated carbocycles. The Balaban J connectivity index is 1.85. The number of halogens is 3. The quantitative estimate of drug-likeness (QED) is 0.616. The van der Waals surface area contributed by atoms with E-state index in [4.69, 9.17) is 0 Å². The van der Waals surface area contributed by atoms with Gasteiger partial charge in [0.05, 0.1) is 23.8 Å². The zero-order valence-corrected chi connectivity index (χ0v) is 11.8. The number of nitrogens with zero attached hydrogens (tertiary/aromatic N) is 2. The molecule has 0 aliphatic carbocycles. The number of fused-ring (bicyclic) bond motifs is 1. The van der Waals surface area contributed by atoms with E-state index < -0.39 is 13.0 Å². The second kappa shape index (κ2) is 6.86. The molecule has 0 spiro atoms. The van der Waals surface area contributed by atoms with Crippen LogP contribution in [0.15, 0.2) is 29.3 Å². The summed E-state index contributed by atoms with van der Waals surface area (Å²) in [6.07, 6.45) is -3.17. The summed E-state index contributed by atoms with van der Waals surface area (Å²) in [5.74, 6) is 0. The highest BCUT2D eigenvalue weighted by Gasteiger charge is 2.28. The van der Waals surface area contributed by atoms with E-state index in [0.29, 0.717) is 17.4 Å². The second-order valence-corrected chi connectivity index (χ2v) is 4.59. The fourth-order valence-corrected chi connectivity index (χ4v) is 1.84. The van der Waals surface area contributed by atoms with Gasteiger partial charge in [0.25, 0.3) is 5.56 Å². The van der Waals surface area contributed by atoms with Crippen LogP contribution in [-0.2, 0) is 18.3 Å². The van der Waals surface area contributed by atoms with Crippen LogP contribution in [0.4, 0.5) is 13.2 Å². The third-order valence-corrected chi connectivity index (χ3v) is 2.89. The highest BCUT2D eigenvalue weighted by atomic mass is 19.4. The van der Waals surface area contributed by atoms with E-state index in [0.717, 1.165) is 5.56 Å². The van der Waals surface area contributed by atoms with Gasteiger partial charge in [0.1, 0.15) is 0 Å². The van der Waals surface area contributed by atoms with Crippen molar-refractivity contribution >= 4 is 10.9 Å². The lowest BCUT2D eigenvalue weighted by Gasteiger charge is -2.10. The van der Waals surface area contributed by atoms with Crippen molar-refractivity contribution in [3.8, 4) is 0 Å². The summed E-state index contributed by atoms with van der Waals surface area (Å²) in [5.41, 5.74) is 6.67. The molecule has 0 bridgehead atoms. The maximum Gasteiger partial charge on any atom is 0.522 e. The average molecular weight is 316 g/mol. The van der Waals surface area contributed by atoms with Crippen molar-refractivity contribution in [3.63, 3.8) is 0 Å². The number of alkyl halides is 3. The molecule has 0 aliphatic rings. The van der Waals surface area contributed by atoms with E-state index in [2.05, 4.69) is 20.6 Å². The predicted molar refractivity (Wildman–Crippen MR) is 73.8 cm³/mol.